The molecule has 0 bridgehead atoms. The average Bonchev–Trinajstić information content (AvgIpc) is 2.30. The van der Waals surface area contributed by atoms with Crippen molar-refractivity contribution in [3.05, 3.63) is 54.0 Å². The minimum absolute atomic E-state index is 0.303. The second kappa shape index (κ2) is 4.44. The van der Waals surface area contributed by atoms with E-state index in [1.807, 2.05) is 12.1 Å². The molecule has 0 spiro atoms. The van der Waals surface area contributed by atoms with E-state index >= 15 is 0 Å². The maximum absolute atomic E-state index is 12.7. The summed E-state index contributed by atoms with van der Waals surface area (Å²) in [5.74, 6) is 0.220. The fraction of sp³-hybridized carbons (Fsp3) is 0.214. The normalized spacial score (nSPS) is 10.8. The SMILES string of the molecule is CC(C)c1ccc(-c2ccc(F)cn2)cc1. The van der Waals surface area contributed by atoms with Crippen molar-refractivity contribution < 1.29 is 4.39 Å². The molecule has 1 heterocycles. The molecule has 2 aromatic rings. The molecule has 2 heteroatoms. The van der Waals surface area contributed by atoms with Crippen LogP contribution in [0, 0.1) is 5.82 Å². The number of rotatable bonds is 2. The van der Waals surface area contributed by atoms with Crippen molar-refractivity contribution in [3.8, 4) is 11.3 Å². The summed E-state index contributed by atoms with van der Waals surface area (Å²) < 4.78 is 12.7. The Morgan fingerprint density at radius 3 is 2.19 bits per heavy atom. The molecule has 0 aliphatic rings. The zero-order valence-corrected chi connectivity index (χ0v) is 9.44. The van der Waals surface area contributed by atoms with Gasteiger partial charge in [0.15, 0.2) is 0 Å². The van der Waals surface area contributed by atoms with E-state index in [9.17, 15) is 4.39 Å². The van der Waals surface area contributed by atoms with Crippen LogP contribution in [-0.4, -0.2) is 4.98 Å². The third kappa shape index (κ3) is 2.27. The predicted molar refractivity (Wildman–Crippen MR) is 63.7 cm³/mol. The number of halogens is 1. The fourth-order valence-corrected chi connectivity index (χ4v) is 1.59. The van der Waals surface area contributed by atoms with Gasteiger partial charge in [-0.05, 0) is 23.6 Å². The van der Waals surface area contributed by atoms with Gasteiger partial charge >= 0.3 is 0 Å². The van der Waals surface area contributed by atoms with Gasteiger partial charge in [-0.15, -0.1) is 0 Å². The molecule has 0 radical (unpaired) electrons. The number of benzene rings is 1. The highest BCUT2D eigenvalue weighted by Gasteiger charge is 2.01. The van der Waals surface area contributed by atoms with E-state index < -0.39 is 0 Å². The number of pyridine rings is 1. The average molecular weight is 215 g/mol. The van der Waals surface area contributed by atoms with Gasteiger partial charge in [-0.1, -0.05) is 38.1 Å². The third-order valence-corrected chi connectivity index (χ3v) is 2.60. The Hall–Kier alpha value is -1.70. The lowest BCUT2D eigenvalue weighted by atomic mass is 10.0. The summed E-state index contributed by atoms with van der Waals surface area (Å²) in [5, 5.41) is 0. The van der Waals surface area contributed by atoms with Gasteiger partial charge in [-0.3, -0.25) is 4.98 Å². The molecule has 1 nitrogen and oxygen atoms in total. The van der Waals surface area contributed by atoms with Gasteiger partial charge in [0.1, 0.15) is 5.82 Å². The summed E-state index contributed by atoms with van der Waals surface area (Å²) in [5.41, 5.74) is 3.12. The van der Waals surface area contributed by atoms with Crippen molar-refractivity contribution in [2.75, 3.05) is 0 Å². The van der Waals surface area contributed by atoms with Crippen LogP contribution in [-0.2, 0) is 0 Å². The summed E-state index contributed by atoms with van der Waals surface area (Å²) in [6, 6.07) is 11.3. The van der Waals surface area contributed by atoms with E-state index in [0.29, 0.717) is 5.92 Å². The van der Waals surface area contributed by atoms with Crippen molar-refractivity contribution in [1.82, 2.24) is 4.98 Å². The molecular formula is C14H14FN. The van der Waals surface area contributed by atoms with Gasteiger partial charge in [0.2, 0.25) is 0 Å². The van der Waals surface area contributed by atoms with Crippen LogP contribution in [0.2, 0.25) is 0 Å². The van der Waals surface area contributed by atoms with Crippen LogP contribution in [0.5, 0.6) is 0 Å². The van der Waals surface area contributed by atoms with E-state index in [4.69, 9.17) is 0 Å². The van der Waals surface area contributed by atoms with Gasteiger partial charge in [-0.2, -0.15) is 0 Å². The Bertz CT molecular complexity index is 457. The van der Waals surface area contributed by atoms with Gasteiger partial charge in [0.25, 0.3) is 0 Å². The van der Waals surface area contributed by atoms with E-state index in [1.165, 1.54) is 17.8 Å². The van der Waals surface area contributed by atoms with Crippen LogP contribution < -0.4 is 0 Å². The first-order chi connectivity index (χ1) is 7.66. The Kier molecular flexibility index (Phi) is 3.00. The first-order valence-corrected chi connectivity index (χ1v) is 5.38. The quantitative estimate of drug-likeness (QED) is 0.737. The highest BCUT2D eigenvalue weighted by Crippen LogP contribution is 2.20. The molecule has 82 valence electrons. The molecule has 1 aromatic heterocycles. The van der Waals surface area contributed by atoms with Gasteiger partial charge in [-0.25, -0.2) is 4.39 Å². The molecule has 0 unspecified atom stereocenters. The number of nitrogens with zero attached hydrogens (tertiary/aromatic N) is 1. The zero-order chi connectivity index (χ0) is 11.5. The molecule has 0 amide bonds. The van der Waals surface area contributed by atoms with Crippen molar-refractivity contribution >= 4 is 0 Å². The molecule has 0 atom stereocenters. The van der Waals surface area contributed by atoms with Crippen LogP contribution in [0.4, 0.5) is 4.39 Å². The van der Waals surface area contributed by atoms with Crippen LogP contribution in [0.15, 0.2) is 42.6 Å². The second-order valence-electron chi connectivity index (χ2n) is 4.14. The molecule has 0 aliphatic carbocycles. The van der Waals surface area contributed by atoms with E-state index in [1.54, 1.807) is 6.07 Å². The molecule has 16 heavy (non-hydrogen) atoms. The monoisotopic (exact) mass is 215 g/mol. The molecule has 0 saturated carbocycles. The highest BCUT2D eigenvalue weighted by atomic mass is 19.1. The van der Waals surface area contributed by atoms with Crippen LogP contribution in [0.3, 0.4) is 0 Å². The van der Waals surface area contributed by atoms with E-state index in [0.717, 1.165) is 11.3 Å². The smallest absolute Gasteiger partial charge is 0.141 e. The molecular weight excluding hydrogens is 201 g/mol. The molecule has 1 aromatic carbocycles. The largest absolute Gasteiger partial charge is 0.253 e. The lowest BCUT2D eigenvalue weighted by molar-refractivity contribution is 0.622. The summed E-state index contributed by atoms with van der Waals surface area (Å²) >= 11 is 0. The Labute approximate surface area is 95.0 Å². The lowest BCUT2D eigenvalue weighted by Crippen LogP contribution is -1.88. The van der Waals surface area contributed by atoms with Crippen molar-refractivity contribution in [2.45, 2.75) is 19.8 Å². The number of hydrogen-bond acceptors (Lipinski definition) is 1. The molecule has 0 aliphatic heterocycles. The minimum Gasteiger partial charge on any atom is -0.253 e. The third-order valence-electron chi connectivity index (χ3n) is 2.60. The van der Waals surface area contributed by atoms with E-state index in [-0.39, 0.29) is 5.82 Å². The predicted octanol–water partition coefficient (Wildman–Crippen LogP) is 4.01. The number of aromatic nitrogens is 1. The summed E-state index contributed by atoms with van der Waals surface area (Å²) in [6.45, 7) is 4.32. The van der Waals surface area contributed by atoms with Crippen molar-refractivity contribution in [1.29, 1.82) is 0 Å². The fourth-order valence-electron chi connectivity index (χ4n) is 1.59. The molecule has 0 saturated heterocycles. The second-order valence-corrected chi connectivity index (χ2v) is 4.14. The number of hydrogen-bond donors (Lipinski definition) is 0. The first-order valence-electron chi connectivity index (χ1n) is 5.38. The summed E-state index contributed by atoms with van der Waals surface area (Å²) in [7, 11) is 0. The Morgan fingerprint density at radius 2 is 1.69 bits per heavy atom. The van der Waals surface area contributed by atoms with Crippen molar-refractivity contribution in [2.24, 2.45) is 0 Å². The standard InChI is InChI=1S/C14H14FN/c1-10(2)11-3-5-12(6-4-11)14-8-7-13(15)9-16-14/h3-10H,1-2H3. The summed E-state index contributed by atoms with van der Waals surface area (Å²) in [4.78, 5) is 4.05. The van der Waals surface area contributed by atoms with Crippen LogP contribution in [0.25, 0.3) is 11.3 Å². The first kappa shape index (κ1) is 10.8. The molecule has 0 N–H and O–H groups in total. The molecule has 0 fully saturated rings. The molecule has 2 rings (SSSR count). The Morgan fingerprint density at radius 1 is 1.00 bits per heavy atom. The van der Waals surface area contributed by atoms with Gasteiger partial charge < -0.3 is 0 Å². The van der Waals surface area contributed by atoms with Crippen molar-refractivity contribution in [3.63, 3.8) is 0 Å². The Balaban J connectivity index is 2.31. The van der Waals surface area contributed by atoms with Gasteiger partial charge in [0.05, 0.1) is 11.9 Å². The maximum Gasteiger partial charge on any atom is 0.141 e. The topological polar surface area (TPSA) is 12.9 Å². The van der Waals surface area contributed by atoms with Crippen LogP contribution in [0.1, 0.15) is 25.3 Å². The van der Waals surface area contributed by atoms with Gasteiger partial charge in [0, 0.05) is 5.56 Å². The lowest BCUT2D eigenvalue weighted by Gasteiger charge is -2.06. The zero-order valence-electron chi connectivity index (χ0n) is 9.44. The van der Waals surface area contributed by atoms with E-state index in [2.05, 4.69) is 31.0 Å². The highest BCUT2D eigenvalue weighted by molar-refractivity contribution is 5.59. The summed E-state index contributed by atoms with van der Waals surface area (Å²) in [6.07, 6.45) is 1.24. The minimum atomic E-state index is -0.303. The maximum atomic E-state index is 12.7. The van der Waals surface area contributed by atoms with Crippen LogP contribution >= 0.6 is 0 Å².